The lowest BCUT2D eigenvalue weighted by Gasteiger charge is -2.27. The van der Waals surface area contributed by atoms with Crippen LogP contribution in [0.15, 0.2) is 52.0 Å². The van der Waals surface area contributed by atoms with E-state index in [2.05, 4.69) is 4.98 Å². The van der Waals surface area contributed by atoms with Gasteiger partial charge in [0.2, 0.25) is 0 Å². The van der Waals surface area contributed by atoms with Gasteiger partial charge in [-0.25, -0.2) is 14.6 Å². The zero-order valence-electron chi connectivity index (χ0n) is 27.8. The molecule has 0 N–H and O–H groups in total. The summed E-state index contributed by atoms with van der Waals surface area (Å²) in [5.74, 6) is 1.65. The number of esters is 1. The third kappa shape index (κ3) is 8.39. The lowest BCUT2D eigenvalue weighted by molar-refractivity contribution is -0.146. The third-order valence-corrected chi connectivity index (χ3v) is 8.36. The fourth-order valence-corrected chi connectivity index (χ4v) is 6.20. The lowest BCUT2D eigenvalue weighted by Crippen LogP contribution is -2.37. The summed E-state index contributed by atoms with van der Waals surface area (Å²) >= 11 is 0. The number of hydrogen-bond donors (Lipinski definition) is 0. The number of aliphatic imine (C=N–C) groups is 1. The van der Waals surface area contributed by atoms with E-state index >= 15 is 0 Å². The Kier molecular flexibility index (Phi) is 10.9. The molecule has 1 fully saturated rings. The van der Waals surface area contributed by atoms with E-state index < -0.39 is 17.7 Å². The highest BCUT2D eigenvalue weighted by molar-refractivity contribution is 6.02. The van der Waals surface area contributed by atoms with Crippen molar-refractivity contribution >= 4 is 28.9 Å². The van der Waals surface area contributed by atoms with Crippen molar-refractivity contribution in [3.8, 4) is 5.75 Å². The van der Waals surface area contributed by atoms with Crippen LogP contribution in [0.3, 0.4) is 0 Å². The average molecular weight is 634 g/mol. The second-order valence-corrected chi connectivity index (χ2v) is 13.1. The summed E-state index contributed by atoms with van der Waals surface area (Å²) in [5, 5.41) is 0.824. The Balaban J connectivity index is 1.28. The number of aromatic nitrogens is 1. The van der Waals surface area contributed by atoms with Crippen LogP contribution >= 0.6 is 0 Å². The molecule has 3 aromatic rings. The van der Waals surface area contributed by atoms with Gasteiger partial charge in [0, 0.05) is 18.3 Å². The fourth-order valence-electron chi connectivity index (χ4n) is 6.20. The van der Waals surface area contributed by atoms with Gasteiger partial charge in [-0.3, -0.25) is 4.98 Å². The standard InChI is InChI=1S/C36H47N3O7/c1-6-42-34(40)31-29(22-25-14-8-7-9-15-25)45-33(38-31)32-24(2)30-27(17-12-18-28(30)44-32)43-21-13-20-39(35(41)46-36(3,4)5)23-26-16-10-11-19-37-26/h10-12,16-19,25,29,31H,6-9,13-15,20-23H2,1-5H3/t29-,31+/m1/s1. The van der Waals surface area contributed by atoms with E-state index in [1.807, 2.05) is 64.1 Å². The Labute approximate surface area is 271 Å². The second-order valence-electron chi connectivity index (χ2n) is 13.1. The lowest BCUT2D eigenvalue weighted by atomic mass is 9.84. The highest BCUT2D eigenvalue weighted by Gasteiger charge is 2.41. The summed E-state index contributed by atoms with van der Waals surface area (Å²) in [5.41, 5.74) is 1.65. The summed E-state index contributed by atoms with van der Waals surface area (Å²) in [6.07, 6.45) is 8.27. The molecule has 248 valence electrons. The number of aryl methyl sites for hydroxylation is 1. The number of carbonyl (C=O) groups excluding carboxylic acids is 2. The predicted octanol–water partition coefficient (Wildman–Crippen LogP) is 7.39. The molecule has 1 aromatic carbocycles. The minimum absolute atomic E-state index is 0.291. The van der Waals surface area contributed by atoms with Crippen molar-refractivity contribution in [2.45, 2.75) is 104 Å². The van der Waals surface area contributed by atoms with Crippen LogP contribution in [0.2, 0.25) is 0 Å². The van der Waals surface area contributed by atoms with Crippen LogP contribution in [0.4, 0.5) is 4.79 Å². The number of benzene rings is 1. The van der Waals surface area contributed by atoms with Gasteiger partial charge in [-0.1, -0.05) is 44.2 Å². The smallest absolute Gasteiger partial charge is 0.410 e. The molecule has 0 radical (unpaired) electrons. The van der Waals surface area contributed by atoms with Crippen LogP contribution < -0.4 is 4.74 Å². The zero-order valence-corrected chi connectivity index (χ0v) is 27.8. The average Bonchev–Trinajstić information content (AvgIpc) is 3.60. The van der Waals surface area contributed by atoms with Crippen molar-refractivity contribution in [2.75, 3.05) is 19.8 Å². The molecule has 3 heterocycles. The number of hydrogen-bond acceptors (Lipinski definition) is 9. The maximum absolute atomic E-state index is 13.0. The van der Waals surface area contributed by atoms with Gasteiger partial charge in [0.25, 0.3) is 5.90 Å². The molecule has 0 bridgehead atoms. The summed E-state index contributed by atoms with van der Waals surface area (Å²) in [7, 11) is 0. The molecule has 1 amide bonds. The van der Waals surface area contributed by atoms with E-state index in [9.17, 15) is 9.59 Å². The molecule has 0 spiro atoms. The highest BCUT2D eigenvalue weighted by atomic mass is 16.6. The minimum atomic E-state index is -0.709. The maximum Gasteiger partial charge on any atom is 0.410 e. The van der Waals surface area contributed by atoms with E-state index in [0.717, 1.165) is 35.9 Å². The summed E-state index contributed by atoms with van der Waals surface area (Å²) in [4.78, 5) is 36.6. The monoisotopic (exact) mass is 633 g/mol. The van der Waals surface area contributed by atoms with Crippen molar-refractivity contribution in [2.24, 2.45) is 10.9 Å². The molecule has 0 saturated heterocycles. The highest BCUT2D eigenvalue weighted by Crippen LogP contribution is 2.37. The van der Waals surface area contributed by atoms with Gasteiger partial charge in [-0.2, -0.15) is 0 Å². The minimum Gasteiger partial charge on any atom is -0.493 e. The SMILES string of the molecule is CCOC(=O)[C@H]1N=C(c2oc3cccc(OCCCN(Cc4ccccn4)C(=O)OC(C)(C)C)c3c2C)O[C@@H]1CC1CCCCC1. The van der Waals surface area contributed by atoms with Crippen molar-refractivity contribution in [1.29, 1.82) is 0 Å². The largest absolute Gasteiger partial charge is 0.493 e. The number of rotatable bonds is 12. The number of nitrogens with zero attached hydrogens (tertiary/aromatic N) is 3. The van der Waals surface area contributed by atoms with Gasteiger partial charge in [0.1, 0.15) is 23.0 Å². The maximum atomic E-state index is 13.0. The van der Waals surface area contributed by atoms with Gasteiger partial charge in [-0.15, -0.1) is 0 Å². The Morgan fingerprint density at radius 3 is 2.59 bits per heavy atom. The second kappa shape index (κ2) is 15.0. The molecule has 2 atom stereocenters. The number of fused-ring (bicyclic) bond motifs is 1. The van der Waals surface area contributed by atoms with E-state index in [0.29, 0.717) is 61.6 Å². The van der Waals surface area contributed by atoms with Crippen LogP contribution in [0.5, 0.6) is 5.75 Å². The van der Waals surface area contributed by atoms with E-state index in [-0.39, 0.29) is 12.1 Å². The van der Waals surface area contributed by atoms with Crippen LogP contribution in [0, 0.1) is 12.8 Å². The number of furan rings is 1. The van der Waals surface area contributed by atoms with Gasteiger partial charge < -0.3 is 28.3 Å². The van der Waals surface area contributed by atoms with Gasteiger partial charge in [0.15, 0.2) is 11.8 Å². The van der Waals surface area contributed by atoms with E-state index in [1.54, 1.807) is 18.0 Å². The van der Waals surface area contributed by atoms with Crippen LogP contribution in [-0.4, -0.2) is 65.3 Å². The number of carbonyl (C=O) groups is 2. The summed E-state index contributed by atoms with van der Waals surface area (Å²) < 4.78 is 29.9. The molecule has 0 unspecified atom stereocenters. The third-order valence-electron chi connectivity index (χ3n) is 8.36. The summed E-state index contributed by atoms with van der Waals surface area (Å²) in [6, 6.07) is 10.6. The first-order valence-corrected chi connectivity index (χ1v) is 16.6. The normalized spacial score (nSPS) is 18.6. The fraction of sp³-hybridized carbons (Fsp3) is 0.556. The van der Waals surface area contributed by atoms with Gasteiger partial charge in [-0.05, 0) is 77.6 Å². The van der Waals surface area contributed by atoms with Gasteiger partial charge >= 0.3 is 12.1 Å². The molecule has 5 rings (SSSR count). The van der Waals surface area contributed by atoms with Crippen LogP contribution in [0.1, 0.15) is 89.7 Å². The van der Waals surface area contributed by atoms with Crippen molar-refractivity contribution in [1.82, 2.24) is 9.88 Å². The molecule has 10 nitrogen and oxygen atoms in total. The van der Waals surface area contributed by atoms with Crippen molar-refractivity contribution < 1.29 is 33.0 Å². The molecule has 2 aliphatic rings. The quantitative estimate of drug-likeness (QED) is 0.150. The Morgan fingerprint density at radius 1 is 1.07 bits per heavy atom. The first kappa shape index (κ1) is 33.3. The zero-order chi connectivity index (χ0) is 32.7. The van der Waals surface area contributed by atoms with Crippen LogP contribution in [0.25, 0.3) is 11.0 Å². The molecule has 10 heteroatoms. The molecule has 1 saturated carbocycles. The molecule has 1 aliphatic heterocycles. The van der Waals surface area contributed by atoms with Gasteiger partial charge in [0.05, 0.1) is 30.8 Å². The molecular weight excluding hydrogens is 586 g/mol. The predicted molar refractivity (Wildman–Crippen MR) is 175 cm³/mol. The van der Waals surface area contributed by atoms with Crippen molar-refractivity contribution in [3.63, 3.8) is 0 Å². The molecule has 2 aromatic heterocycles. The van der Waals surface area contributed by atoms with E-state index in [1.165, 1.54) is 19.3 Å². The Morgan fingerprint density at radius 2 is 1.87 bits per heavy atom. The number of amides is 1. The molecular formula is C36H47N3O7. The summed E-state index contributed by atoms with van der Waals surface area (Å²) in [6.45, 7) is 10.7. The van der Waals surface area contributed by atoms with Crippen LogP contribution in [-0.2, 0) is 25.5 Å². The number of ether oxygens (including phenoxy) is 4. The molecule has 1 aliphatic carbocycles. The Bertz CT molecular complexity index is 1510. The first-order chi connectivity index (χ1) is 22.1. The first-order valence-electron chi connectivity index (χ1n) is 16.6. The topological polar surface area (TPSA) is 113 Å². The number of pyridine rings is 1. The Hall–Kier alpha value is -4.08. The molecule has 46 heavy (non-hydrogen) atoms. The van der Waals surface area contributed by atoms with Crippen molar-refractivity contribution in [3.05, 3.63) is 59.6 Å². The van der Waals surface area contributed by atoms with E-state index in [4.69, 9.17) is 28.4 Å².